The molecule has 0 bridgehead atoms. The van der Waals surface area contributed by atoms with Crippen molar-refractivity contribution in [2.75, 3.05) is 5.73 Å². The first-order valence-corrected chi connectivity index (χ1v) is 7.33. The van der Waals surface area contributed by atoms with Gasteiger partial charge in [-0.05, 0) is 31.0 Å². The lowest BCUT2D eigenvalue weighted by Crippen LogP contribution is -2.19. The number of fused-ring (bicyclic) bond motifs is 1. The molecule has 0 saturated carbocycles. The molecular formula is C16H24N4O. The van der Waals surface area contributed by atoms with Crippen molar-refractivity contribution in [2.24, 2.45) is 5.73 Å². The van der Waals surface area contributed by atoms with Gasteiger partial charge in [-0.25, -0.2) is 4.98 Å². The van der Waals surface area contributed by atoms with Crippen LogP contribution in [-0.4, -0.2) is 15.5 Å². The van der Waals surface area contributed by atoms with Crippen molar-refractivity contribution in [1.82, 2.24) is 9.55 Å². The third-order valence-electron chi connectivity index (χ3n) is 3.50. The number of nitrogen functional groups attached to an aromatic ring is 1. The van der Waals surface area contributed by atoms with Crippen molar-refractivity contribution in [2.45, 2.75) is 52.0 Å². The Morgan fingerprint density at radius 1 is 1.29 bits per heavy atom. The molecular weight excluding hydrogens is 264 g/mol. The van der Waals surface area contributed by atoms with E-state index in [2.05, 4.69) is 25.3 Å². The molecule has 2 rings (SSSR count). The van der Waals surface area contributed by atoms with Crippen LogP contribution in [0, 0.1) is 0 Å². The van der Waals surface area contributed by atoms with Crippen LogP contribution in [0.5, 0.6) is 0 Å². The van der Waals surface area contributed by atoms with Crippen molar-refractivity contribution < 1.29 is 4.79 Å². The molecule has 114 valence electrons. The number of hydrogen-bond acceptors (Lipinski definition) is 3. The molecule has 0 radical (unpaired) electrons. The third kappa shape index (κ3) is 3.54. The predicted octanol–water partition coefficient (Wildman–Crippen LogP) is 2.57. The quantitative estimate of drug-likeness (QED) is 0.655. The minimum absolute atomic E-state index is 0.0442. The molecule has 0 aliphatic heterocycles. The largest absolute Gasteiger partial charge is 0.399 e. The highest BCUT2D eigenvalue weighted by Crippen LogP contribution is 2.27. The maximum absolute atomic E-state index is 10.8. The maximum Gasteiger partial charge on any atom is 0.217 e. The second kappa shape index (κ2) is 5.76. The molecule has 0 spiro atoms. The minimum Gasteiger partial charge on any atom is -0.399 e. The lowest BCUT2D eigenvalue weighted by molar-refractivity contribution is -0.118. The van der Waals surface area contributed by atoms with Gasteiger partial charge in [0, 0.05) is 24.1 Å². The first-order valence-electron chi connectivity index (χ1n) is 7.33. The molecule has 0 atom stereocenters. The van der Waals surface area contributed by atoms with Crippen molar-refractivity contribution >= 4 is 22.6 Å². The summed E-state index contributed by atoms with van der Waals surface area (Å²) in [5.41, 5.74) is 13.7. The Bertz CT molecular complexity index is 652. The fourth-order valence-corrected chi connectivity index (χ4v) is 2.51. The minimum atomic E-state index is -0.241. The Kier molecular flexibility index (Phi) is 4.21. The van der Waals surface area contributed by atoms with Gasteiger partial charge in [0.15, 0.2) is 0 Å². The Hall–Kier alpha value is -2.04. The number of amides is 1. The number of nitrogens with zero attached hydrogens (tertiary/aromatic N) is 2. The van der Waals surface area contributed by atoms with Gasteiger partial charge in [0.1, 0.15) is 5.82 Å². The highest BCUT2D eigenvalue weighted by Gasteiger charge is 2.22. The van der Waals surface area contributed by atoms with E-state index in [4.69, 9.17) is 16.5 Å². The second-order valence-corrected chi connectivity index (χ2v) is 6.51. The molecule has 0 fully saturated rings. The number of nitrogens with two attached hydrogens (primary N) is 2. The fraction of sp³-hybridized carbons (Fsp3) is 0.500. The second-order valence-electron chi connectivity index (χ2n) is 6.51. The highest BCUT2D eigenvalue weighted by atomic mass is 16.1. The summed E-state index contributed by atoms with van der Waals surface area (Å²) in [7, 11) is 0. The van der Waals surface area contributed by atoms with E-state index in [1.165, 1.54) is 0 Å². The van der Waals surface area contributed by atoms with Crippen molar-refractivity contribution in [3.8, 4) is 0 Å². The van der Waals surface area contributed by atoms with E-state index in [1.807, 2.05) is 18.2 Å². The number of carbonyl (C=O) groups is 1. The molecule has 1 heterocycles. The number of rotatable bonds is 5. The van der Waals surface area contributed by atoms with E-state index in [1.54, 1.807) is 0 Å². The average Bonchev–Trinajstić information content (AvgIpc) is 2.72. The molecule has 21 heavy (non-hydrogen) atoms. The van der Waals surface area contributed by atoms with Gasteiger partial charge in [-0.15, -0.1) is 0 Å². The van der Waals surface area contributed by atoms with E-state index in [9.17, 15) is 4.79 Å². The number of unbranched alkanes of at least 4 members (excludes halogenated alkanes) is 1. The zero-order valence-corrected chi connectivity index (χ0v) is 13.0. The Morgan fingerprint density at radius 2 is 2.00 bits per heavy atom. The van der Waals surface area contributed by atoms with E-state index in [-0.39, 0.29) is 11.3 Å². The van der Waals surface area contributed by atoms with Crippen LogP contribution < -0.4 is 11.5 Å². The molecule has 0 aliphatic carbocycles. The molecule has 5 nitrogen and oxygen atoms in total. The van der Waals surface area contributed by atoms with Gasteiger partial charge in [-0.2, -0.15) is 0 Å². The van der Waals surface area contributed by atoms with Crippen molar-refractivity contribution in [1.29, 1.82) is 0 Å². The molecule has 2 aromatic rings. The third-order valence-corrected chi connectivity index (χ3v) is 3.50. The monoisotopic (exact) mass is 288 g/mol. The number of aryl methyl sites for hydroxylation is 1. The summed E-state index contributed by atoms with van der Waals surface area (Å²) in [5.74, 6) is 0.802. The number of carbonyl (C=O) groups excluding carboxylic acids is 1. The highest BCUT2D eigenvalue weighted by molar-refractivity contribution is 5.80. The number of hydrogen-bond donors (Lipinski definition) is 2. The van der Waals surface area contributed by atoms with Gasteiger partial charge in [0.05, 0.1) is 11.0 Å². The van der Waals surface area contributed by atoms with E-state index >= 15 is 0 Å². The zero-order valence-electron chi connectivity index (χ0n) is 13.0. The number of aromatic nitrogens is 2. The van der Waals surface area contributed by atoms with Gasteiger partial charge in [-0.1, -0.05) is 20.8 Å². The standard InChI is InChI=1S/C16H24N4O/c1-16(2,3)15-19-12-10-11(17)7-8-13(12)20(15)9-5-4-6-14(18)21/h7-8,10H,4-6,9,17H2,1-3H3,(H2,18,21). The van der Waals surface area contributed by atoms with E-state index in [0.29, 0.717) is 6.42 Å². The summed E-state index contributed by atoms with van der Waals surface area (Å²) >= 11 is 0. The number of primary amides is 1. The lowest BCUT2D eigenvalue weighted by atomic mass is 9.95. The van der Waals surface area contributed by atoms with Crippen molar-refractivity contribution in [3.05, 3.63) is 24.0 Å². The smallest absolute Gasteiger partial charge is 0.217 e. The molecule has 0 saturated heterocycles. The lowest BCUT2D eigenvalue weighted by Gasteiger charge is -2.20. The van der Waals surface area contributed by atoms with Crippen LogP contribution in [0.25, 0.3) is 11.0 Å². The topological polar surface area (TPSA) is 86.9 Å². The van der Waals surface area contributed by atoms with E-state index in [0.717, 1.165) is 41.9 Å². The SMILES string of the molecule is CC(C)(C)c1nc2cc(N)ccc2n1CCCCC(N)=O. The molecule has 4 N–H and O–H groups in total. The van der Waals surface area contributed by atoms with Crippen LogP contribution in [0.1, 0.15) is 45.9 Å². The van der Waals surface area contributed by atoms with Crippen LogP contribution in [-0.2, 0) is 16.8 Å². The molecule has 0 aliphatic rings. The van der Waals surface area contributed by atoms with Crippen molar-refractivity contribution in [3.63, 3.8) is 0 Å². The van der Waals surface area contributed by atoms with Gasteiger partial charge in [0.25, 0.3) is 0 Å². The first-order chi connectivity index (χ1) is 9.79. The van der Waals surface area contributed by atoms with Crippen LogP contribution in [0.15, 0.2) is 18.2 Å². The predicted molar refractivity (Wildman–Crippen MR) is 85.9 cm³/mol. The maximum atomic E-state index is 10.8. The van der Waals surface area contributed by atoms with Crippen LogP contribution >= 0.6 is 0 Å². The summed E-state index contributed by atoms with van der Waals surface area (Å²) in [6.45, 7) is 7.28. The number of anilines is 1. The van der Waals surface area contributed by atoms with E-state index < -0.39 is 0 Å². The summed E-state index contributed by atoms with van der Waals surface area (Å²) in [4.78, 5) is 15.6. The summed E-state index contributed by atoms with van der Waals surface area (Å²) < 4.78 is 2.23. The van der Waals surface area contributed by atoms with Crippen LogP contribution in [0.3, 0.4) is 0 Å². The van der Waals surface area contributed by atoms with Crippen LogP contribution in [0.4, 0.5) is 5.69 Å². The number of benzene rings is 1. The normalized spacial score (nSPS) is 12.0. The van der Waals surface area contributed by atoms with Gasteiger partial charge >= 0.3 is 0 Å². The van der Waals surface area contributed by atoms with Crippen LogP contribution in [0.2, 0.25) is 0 Å². The summed E-state index contributed by atoms with van der Waals surface area (Å²) in [6, 6.07) is 5.82. The average molecular weight is 288 g/mol. The van der Waals surface area contributed by atoms with Gasteiger partial charge < -0.3 is 16.0 Å². The Morgan fingerprint density at radius 3 is 2.62 bits per heavy atom. The number of imidazole rings is 1. The Balaban J connectivity index is 2.32. The molecule has 1 aromatic heterocycles. The molecule has 0 unspecified atom stereocenters. The molecule has 1 aromatic carbocycles. The Labute approximate surface area is 125 Å². The summed E-state index contributed by atoms with van der Waals surface area (Å²) in [6.07, 6.45) is 2.14. The summed E-state index contributed by atoms with van der Waals surface area (Å²) in [5, 5.41) is 0. The van der Waals surface area contributed by atoms with Gasteiger partial charge in [-0.3, -0.25) is 4.79 Å². The van der Waals surface area contributed by atoms with Gasteiger partial charge in [0.2, 0.25) is 5.91 Å². The first kappa shape index (κ1) is 15.4. The molecule has 1 amide bonds. The zero-order chi connectivity index (χ0) is 15.6. The molecule has 5 heteroatoms. The fourth-order valence-electron chi connectivity index (χ4n) is 2.51.